The fourth-order valence-corrected chi connectivity index (χ4v) is 5.98. The van der Waals surface area contributed by atoms with Crippen molar-refractivity contribution in [3.63, 3.8) is 0 Å². The topological polar surface area (TPSA) is 75.5 Å². The molecule has 1 aliphatic heterocycles. The van der Waals surface area contributed by atoms with Crippen molar-refractivity contribution in [1.29, 1.82) is 0 Å². The summed E-state index contributed by atoms with van der Waals surface area (Å²) in [6.07, 6.45) is 3.63. The lowest BCUT2D eigenvalue weighted by Gasteiger charge is -2.25. The average Bonchev–Trinajstić information content (AvgIpc) is 3.14. The van der Waals surface area contributed by atoms with Gasteiger partial charge in [-0.2, -0.15) is 4.31 Å². The largest absolute Gasteiger partial charge is 0.341 e. The Morgan fingerprint density at radius 3 is 2.58 bits per heavy atom. The van der Waals surface area contributed by atoms with Crippen molar-refractivity contribution in [2.75, 3.05) is 20.1 Å². The number of halogens is 1. The number of piperidine rings is 1. The van der Waals surface area contributed by atoms with Gasteiger partial charge in [0.2, 0.25) is 15.9 Å². The number of carbonyl (C=O) groups is 1. The predicted octanol–water partition coefficient (Wildman–Crippen LogP) is 3.99. The van der Waals surface area contributed by atoms with Crippen LogP contribution in [0.3, 0.4) is 0 Å². The zero-order valence-corrected chi connectivity index (χ0v) is 20.6. The van der Waals surface area contributed by atoms with Gasteiger partial charge in [0.25, 0.3) is 0 Å². The van der Waals surface area contributed by atoms with Crippen molar-refractivity contribution < 1.29 is 13.2 Å². The highest BCUT2D eigenvalue weighted by atomic mass is 35.5. The van der Waals surface area contributed by atoms with Crippen LogP contribution >= 0.6 is 11.6 Å². The summed E-state index contributed by atoms with van der Waals surface area (Å²) in [7, 11) is 0.138. The second kappa shape index (κ2) is 9.83. The molecule has 1 aromatic heterocycles. The molecule has 0 atom stereocenters. The van der Waals surface area contributed by atoms with E-state index in [2.05, 4.69) is 4.98 Å². The number of nitrogens with zero attached hydrogens (tertiary/aromatic N) is 4. The molecule has 0 saturated carbocycles. The lowest BCUT2D eigenvalue weighted by atomic mass is 10.2. The van der Waals surface area contributed by atoms with Gasteiger partial charge in [-0.15, -0.1) is 0 Å². The van der Waals surface area contributed by atoms with Crippen LogP contribution in [0.2, 0.25) is 5.02 Å². The Labute approximate surface area is 200 Å². The number of sulfonamides is 1. The molecule has 2 heterocycles. The third-order valence-corrected chi connectivity index (χ3v) is 8.51. The molecule has 176 valence electrons. The van der Waals surface area contributed by atoms with Crippen molar-refractivity contribution in [2.24, 2.45) is 7.05 Å². The van der Waals surface area contributed by atoms with E-state index in [0.717, 1.165) is 36.2 Å². The minimum absolute atomic E-state index is 0.00431. The number of carbonyl (C=O) groups excluding carboxylic acids is 1. The van der Waals surface area contributed by atoms with E-state index in [4.69, 9.17) is 11.6 Å². The monoisotopic (exact) mass is 488 g/mol. The fraction of sp³-hybridized carbons (Fsp3) is 0.417. The van der Waals surface area contributed by atoms with Crippen LogP contribution in [0.15, 0.2) is 47.4 Å². The number of fused-ring (bicyclic) bond motifs is 1. The highest BCUT2D eigenvalue weighted by Crippen LogP contribution is 2.25. The van der Waals surface area contributed by atoms with E-state index in [0.29, 0.717) is 43.0 Å². The third-order valence-electron chi connectivity index (χ3n) is 6.25. The van der Waals surface area contributed by atoms with Crippen LogP contribution in [0.25, 0.3) is 11.0 Å². The highest BCUT2D eigenvalue weighted by molar-refractivity contribution is 7.89. The minimum Gasteiger partial charge on any atom is -0.341 e. The Morgan fingerprint density at radius 2 is 1.85 bits per heavy atom. The molecule has 3 aromatic rings. The lowest BCUT2D eigenvalue weighted by molar-refractivity contribution is -0.130. The zero-order chi connectivity index (χ0) is 23.6. The lowest BCUT2D eigenvalue weighted by Crippen LogP contribution is -2.35. The van der Waals surface area contributed by atoms with Gasteiger partial charge in [0.05, 0.1) is 15.9 Å². The van der Waals surface area contributed by atoms with Crippen LogP contribution in [-0.4, -0.2) is 53.2 Å². The molecular formula is C24H29ClN4O3S. The summed E-state index contributed by atoms with van der Waals surface area (Å²) in [6, 6.07) is 12.6. The molecule has 0 bridgehead atoms. The summed E-state index contributed by atoms with van der Waals surface area (Å²) in [5, 5.41) is 0.641. The van der Waals surface area contributed by atoms with Gasteiger partial charge in [0.1, 0.15) is 5.82 Å². The van der Waals surface area contributed by atoms with Gasteiger partial charge >= 0.3 is 0 Å². The average molecular weight is 489 g/mol. The molecule has 1 amide bonds. The zero-order valence-electron chi connectivity index (χ0n) is 19.0. The quantitative estimate of drug-likeness (QED) is 0.504. The molecule has 0 N–H and O–H groups in total. The van der Waals surface area contributed by atoms with Gasteiger partial charge < -0.3 is 9.47 Å². The molecule has 1 saturated heterocycles. The Bertz CT molecular complexity index is 1270. The van der Waals surface area contributed by atoms with Crippen LogP contribution in [0.4, 0.5) is 0 Å². The number of benzene rings is 2. The van der Waals surface area contributed by atoms with E-state index in [-0.39, 0.29) is 10.8 Å². The van der Waals surface area contributed by atoms with Gasteiger partial charge in [-0.05, 0) is 42.7 Å². The number of aromatic nitrogens is 2. The van der Waals surface area contributed by atoms with Crippen LogP contribution in [0, 0.1) is 0 Å². The van der Waals surface area contributed by atoms with Crippen LogP contribution in [0.1, 0.15) is 37.1 Å². The molecule has 4 rings (SSSR count). The van der Waals surface area contributed by atoms with Crippen LogP contribution < -0.4 is 0 Å². The Hall–Kier alpha value is -2.42. The molecule has 1 fully saturated rings. The summed E-state index contributed by atoms with van der Waals surface area (Å²) in [5.74, 6) is 0.743. The number of hydrogen-bond donors (Lipinski definition) is 0. The summed E-state index contributed by atoms with van der Waals surface area (Å²) in [6.45, 7) is 1.58. The van der Waals surface area contributed by atoms with Crippen LogP contribution in [0.5, 0.6) is 0 Å². The Morgan fingerprint density at radius 1 is 1.12 bits per heavy atom. The number of aryl methyl sites for hydroxylation is 2. The summed E-state index contributed by atoms with van der Waals surface area (Å²) in [4.78, 5) is 19.3. The second-order valence-electron chi connectivity index (χ2n) is 8.54. The highest BCUT2D eigenvalue weighted by Gasteiger charge is 2.26. The van der Waals surface area contributed by atoms with Crippen molar-refractivity contribution in [3.05, 3.63) is 58.9 Å². The molecular weight excluding hydrogens is 460 g/mol. The molecule has 9 heteroatoms. The van der Waals surface area contributed by atoms with Crippen molar-refractivity contribution in [1.82, 2.24) is 18.8 Å². The Kier molecular flexibility index (Phi) is 7.07. The van der Waals surface area contributed by atoms with Gasteiger partial charge in [-0.3, -0.25) is 4.79 Å². The first-order chi connectivity index (χ1) is 15.8. The minimum atomic E-state index is -3.51. The smallest absolute Gasteiger partial charge is 0.243 e. The van der Waals surface area contributed by atoms with E-state index in [1.807, 2.05) is 35.9 Å². The molecule has 0 radical (unpaired) electrons. The third kappa shape index (κ3) is 5.08. The Balaban J connectivity index is 1.46. The standard InChI is InChI=1S/C24H29ClN4O3S/c1-27(17-18-8-4-5-9-20(18)25)24(30)13-12-23-26-21-16-19(10-11-22(21)28(23)2)33(31,32)29-14-6-3-7-15-29/h4-5,8-11,16H,3,6-7,12-15,17H2,1-2H3. The van der Waals surface area contributed by atoms with Crippen molar-refractivity contribution in [2.45, 2.75) is 43.5 Å². The van der Waals surface area contributed by atoms with E-state index in [1.165, 1.54) is 0 Å². The van der Waals surface area contributed by atoms with Gasteiger partial charge in [-0.25, -0.2) is 13.4 Å². The van der Waals surface area contributed by atoms with E-state index in [9.17, 15) is 13.2 Å². The maximum Gasteiger partial charge on any atom is 0.243 e. The maximum absolute atomic E-state index is 13.0. The summed E-state index contributed by atoms with van der Waals surface area (Å²) >= 11 is 6.21. The predicted molar refractivity (Wildman–Crippen MR) is 130 cm³/mol. The number of imidazole rings is 1. The first-order valence-corrected chi connectivity index (χ1v) is 13.0. The molecule has 7 nitrogen and oxygen atoms in total. The van der Waals surface area contributed by atoms with E-state index < -0.39 is 10.0 Å². The number of amides is 1. The SMILES string of the molecule is CN(Cc1ccccc1Cl)C(=O)CCc1nc2cc(S(=O)(=O)N3CCCCC3)ccc2n1C. The van der Waals surface area contributed by atoms with Crippen molar-refractivity contribution >= 4 is 38.6 Å². The van der Waals surface area contributed by atoms with Crippen LogP contribution in [-0.2, 0) is 34.8 Å². The molecule has 2 aromatic carbocycles. The first kappa shape index (κ1) is 23.7. The maximum atomic E-state index is 13.0. The molecule has 0 spiro atoms. The van der Waals surface area contributed by atoms with Gasteiger partial charge in [-0.1, -0.05) is 36.2 Å². The number of hydrogen-bond acceptors (Lipinski definition) is 4. The molecule has 0 aliphatic carbocycles. The van der Waals surface area contributed by atoms with Gasteiger partial charge in [0, 0.05) is 51.6 Å². The molecule has 1 aliphatic rings. The first-order valence-electron chi connectivity index (χ1n) is 11.2. The summed E-state index contributed by atoms with van der Waals surface area (Å²) < 4.78 is 29.5. The summed E-state index contributed by atoms with van der Waals surface area (Å²) in [5.41, 5.74) is 2.38. The molecule has 0 unspecified atom stereocenters. The van der Waals surface area contributed by atoms with E-state index in [1.54, 1.807) is 34.5 Å². The number of rotatable bonds is 7. The fourth-order valence-electron chi connectivity index (χ4n) is 4.25. The second-order valence-corrected chi connectivity index (χ2v) is 10.9. The molecule has 33 heavy (non-hydrogen) atoms. The normalized spacial score (nSPS) is 15.1. The van der Waals surface area contributed by atoms with E-state index >= 15 is 0 Å². The van der Waals surface area contributed by atoms with Crippen molar-refractivity contribution in [3.8, 4) is 0 Å². The van der Waals surface area contributed by atoms with Gasteiger partial charge in [0.15, 0.2) is 0 Å².